The molecule has 2 nitrogen and oxygen atoms in total. The van der Waals surface area contributed by atoms with E-state index in [1.807, 2.05) is 6.92 Å². The van der Waals surface area contributed by atoms with Gasteiger partial charge in [-0.3, -0.25) is 0 Å². The van der Waals surface area contributed by atoms with Gasteiger partial charge in [-0.2, -0.15) is 0 Å². The molecule has 0 saturated heterocycles. The molecule has 0 aliphatic heterocycles. The zero-order chi connectivity index (χ0) is 12.1. The predicted octanol–water partition coefficient (Wildman–Crippen LogP) is 2.89. The van der Waals surface area contributed by atoms with Gasteiger partial charge in [-0.15, -0.1) is 0 Å². The van der Waals surface area contributed by atoms with Crippen LogP contribution in [0.1, 0.15) is 31.4 Å². The van der Waals surface area contributed by atoms with Crippen LogP contribution in [0.2, 0.25) is 5.02 Å². The highest BCUT2D eigenvalue weighted by molar-refractivity contribution is 6.31. The van der Waals surface area contributed by atoms with E-state index in [0.29, 0.717) is 6.54 Å². The third-order valence-corrected chi connectivity index (χ3v) is 3.03. The summed E-state index contributed by atoms with van der Waals surface area (Å²) in [5, 5.41) is 10.3. The number of nitrogens with two attached hydrogens (primary N) is 1. The molecule has 0 amide bonds. The van der Waals surface area contributed by atoms with Crippen molar-refractivity contribution in [1.82, 2.24) is 0 Å². The fourth-order valence-electron chi connectivity index (χ4n) is 1.80. The highest BCUT2D eigenvalue weighted by Gasteiger charge is 2.23. The van der Waals surface area contributed by atoms with E-state index in [4.69, 9.17) is 17.3 Å². The van der Waals surface area contributed by atoms with Gasteiger partial charge in [0, 0.05) is 16.5 Å². The monoisotopic (exact) mass is 245 g/mol. The number of aliphatic hydroxyl groups is 1. The third-order valence-electron chi connectivity index (χ3n) is 2.70. The van der Waals surface area contributed by atoms with E-state index in [2.05, 4.69) is 0 Å². The minimum atomic E-state index is -0.932. The molecule has 0 saturated carbocycles. The zero-order valence-electron chi connectivity index (χ0n) is 9.29. The minimum Gasteiger partial charge on any atom is -0.388 e. The predicted molar refractivity (Wildman–Crippen MR) is 63.8 cm³/mol. The van der Waals surface area contributed by atoms with E-state index in [9.17, 15) is 9.50 Å². The van der Waals surface area contributed by atoms with E-state index in [1.54, 1.807) is 6.07 Å². The first-order valence-corrected chi connectivity index (χ1v) is 5.81. The molecule has 90 valence electrons. The Morgan fingerprint density at radius 3 is 2.69 bits per heavy atom. The molecule has 0 fully saturated rings. The van der Waals surface area contributed by atoms with Crippen molar-refractivity contribution in [3.05, 3.63) is 34.6 Å². The van der Waals surface area contributed by atoms with Crippen LogP contribution in [-0.4, -0.2) is 11.7 Å². The van der Waals surface area contributed by atoms with Gasteiger partial charge in [0.15, 0.2) is 0 Å². The molecule has 0 aromatic heterocycles. The van der Waals surface area contributed by atoms with Crippen LogP contribution in [0.25, 0.3) is 0 Å². The van der Waals surface area contributed by atoms with E-state index >= 15 is 0 Å². The molecule has 2 unspecified atom stereocenters. The van der Waals surface area contributed by atoms with Crippen molar-refractivity contribution in [1.29, 1.82) is 0 Å². The maximum atomic E-state index is 13.6. The molecule has 1 aromatic carbocycles. The van der Waals surface area contributed by atoms with Gasteiger partial charge in [0.25, 0.3) is 0 Å². The molecule has 0 bridgehead atoms. The van der Waals surface area contributed by atoms with Crippen LogP contribution in [0.15, 0.2) is 18.2 Å². The lowest BCUT2D eigenvalue weighted by molar-refractivity contribution is 0.103. The average Bonchev–Trinajstić information content (AvgIpc) is 2.25. The van der Waals surface area contributed by atoms with Crippen molar-refractivity contribution in [3.8, 4) is 0 Å². The van der Waals surface area contributed by atoms with Crippen molar-refractivity contribution in [2.45, 2.75) is 25.9 Å². The van der Waals surface area contributed by atoms with Crippen LogP contribution in [0, 0.1) is 11.7 Å². The Labute approximate surface area is 100 Å². The molecule has 0 aliphatic rings. The summed E-state index contributed by atoms with van der Waals surface area (Å²) >= 11 is 5.88. The van der Waals surface area contributed by atoms with Gasteiger partial charge in [-0.1, -0.05) is 31.0 Å². The third kappa shape index (κ3) is 2.94. The Bertz CT molecular complexity index is 326. The number of halogens is 2. The van der Waals surface area contributed by atoms with Gasteiger partial charge in [-0.05, 0) is 25.1 Å². The summed E-state index contributed by atoms with van der Waals surface area (Å²) in [5.41, 5.74) is 5.73. The van der Waals surface area contributed by atoms with Gasteiger partial charge in [0.1, 0.15) is 5.82 Å². The van der Waals surface area contributed by atoms with Gasteiger partial charge in [-0.25, -0.2) is 4.39 Å². The quantitative estimate of drug-likeness (QED) is 0.838. The van der Waals surface area contributed by atoms with Gasteiger partial charge < -0.3 is 10.8 Å². The lowest BCUT2D eigenvalue weighted by atomic mass is 9.91. The SMILES string of the molecule is CCCC(CN)C(O)c1c(F)cccc1Cl. The number of aliphatic hydroxyl groups excluding tert-OH is 1. The topological polar surface area (TPSA) is 46.2 Å². The molecule has 0 aliphatic carbocycles. The average molecular weight is 246 g/mol. The first-order valence-electron chi connectivity index (χ1n) is 5.43. The maximum Gasteiger partial charge on any atom is 0.130 e. The summed E-state index contributed by atoms with van der Waals surface area (Å²) in [6.45, 7) is 2.32. The summed E-state index contributed by atoms with van der Waals surface area (Å²) in [6, 6.07) is 4.39. The largest absolute Gasteiger partial charge is 0.388 e. The van der Waals surface area contributed by atoms with Crippen LogP contribution in [0.5, 0.6) is 0 Å². The number of hydrogen-bond donors (Lipinski definition) is 2. The minimum absolute atomic E-state index is 0.153. The second kappa shape index (κ2) is 6.18. The normalized spacial score (nSPS) is 14.8. The summed E-state index contributed by atoms with van der Waals surface area (Å²) < 4.78 is 13.6. The van der Waals surface area contributed by atoms with Crippen molar-refractivity contribution < 1.29 is 9.50 Å². The molecular formula is C12H17ClFNO. The van der Waals surface area contributed by atoms with Crippen LogP contribution >= 0.6 is 11.6 Å². The maximum absolute atomic E-state index is 13.6. The van der Waals surface area contributed by atoms with E-state index < -0.39 is 11.9 Å². The molecule has 3 N–H and O–H groups in total. The first-order chi connectivity index (χ1) is 7.61. The van der Waals surface area contributed by atoms with E-state index in [0.717, 1.165) is 12.8 Å². The standard InChI is InChI=1S/C12H17ClFNO/c1-2-4-8(7-15)12(16)11-9(13)5-3-6-10(11)14/h3,5-6,8,12,16H,2,4,7,15H2,1H3. The lowest BCUT2D eigenvalue weighted by Crippen LogP contribution is -2.22. The molecule has 0 heterocycles. The molecule has 2 atom stereocenters. The fraction of sp³-hybridized carbons (Fsp3) is 0.500. The second-order valence-corrected chi connectivity index (χ2v) is 4.27. The van der Waals surface area contributed by atoms with Crippen LogP contribution in [0.4, 0.5) is 4.39 Å². The molecule has 1 rings (SSSR count). The molecule has 16 heavy (non-hydrogen) atoms. The second-order valence-electron chi connectivity index (χ2n) is 3.86. The number of rotatable bonds is 5. The zero-order valence-corrected chi connectivity index (χ0v) is 10.0. The van der Waals surface area contributed by atoms with Crippen molar-refractivity contribution in [2.75, 3.05) is 6.54 Å². The van der Waals surface area contributed by atoms with E-state index in [-0.39, 0.29) is 16.5 Å². The number of hydrogen-bond acceptors (Lipinski definition) is 2. The highest BCUT2D eigenvalue weighted by atomic mass is 35.5. The highest BCUT2D eigenvalue weighted by Crippen LogP contribution is 2.32. The van der Waals surface area contributed by atoms with Gasteiger partial charge in [0.05, 0.1) is 6.10 Å². The Kier molecular flexibility index (Phi) is 5.19. The molecular weight excluding hydrogens is 229 g/mol. The van der Waals surface area contributed by atoms with Crippen LogP contribution in [0.3, 0.4) is 0 Å². The van der Waals surface area contributed by atoms with Crippen LogP contribution in [-0.2, 0) is 0 Å². The molecule has 1 aromatic rings. The Hall–Kier alpha value is -0.640. The lowest BCUT2D eigenvalue weighted by Gasteiger charge is -2.22. The summed E-state index contributed by atoms with van der Waals surface area (Å²) in [6.07, 6.45) is 0.714. The van der Waals surface area contributed by atoms with Gasteiger partial charge in [0.2, 0.25) is 0 Å². The summed E-state index contributed by atoms with van der Waals surface area (Å²) in [5.74, 6) is -0.631. The Morgan fingerprint density at radius 1 is 1.50 bits per heavy atom. The van der Waals surface area contributed by atoms with Crippen molar-refractivity contribution in [2.24, 2.45) is 11.7 Å². The van der Waals surface area contributed by atoms with Crippen molar-refractivity contribution in [3.63, 3.8) is 0 Å². The van der Waals surface area contributed by atoms with Gasteiger partial charge >= 0.3 is 0 Å². The number of benzene rings is 1. The van der Waals surface area contributed by atoms with Crippen molar-refractivity contribution >= 4 is 11.6 Å². The Balaban J connectivity index is 2.98. The summed E-state index contributed by atoms with van der Waals surface area (Å²) in [4.78, 5) is 0. The molecule has 0 radical (unpaired) electrons. The van der Waals surface area contributed by atoms with E-state index in [1.165, 1.54) is 12.1 Å². The molecule has 0 spiro atoms. The first kappa shape index (κ1) is 13.4. The smallest absolute Gasteiger partial charge is 0.130 e. The fourth-order valence-corrected chi connectivity index (χ4v) is 2.08. The van der Waals surface area contributed by atoms with Crippen LogP contribution < -0.4 is 5.73 Å². The summed E-state index contributed by atoms with van der Waals surface area (Å²) in [7, 11) is 0. The molecule has 4 heteroatoms. The Morgan fingerprint density at radius 2 is 2.19 bits per heavy atom.